The number of hydrogen-bond donors (Lipinski definition) is 2. The molecule has 1 spiro atoms. The van der Waals surface area contributed by atoms with Crippen molar-refractivity contribution in [3.8, 4) is 11.4 Å². The molecule has 34 heavy (non-hydrogen) atoms. The zero-order valence-electron chi connectivity index (χ0n) is 18.9. The summed E-state index contributed by atoms with van der Waals surface area (Å²) in [5, 5.41) is 6.60. The largest absolute Gasteiger partial charge is 0.494 e. The predicted octanol–water partition coefficient (Wildman–Crippen LogP) is 2.04. The topological polar surface area (TPSA) is 116 Å². The van der Waals surface area contributed by atoms with E-state index >= 15 is 0 Å². The van der Waals surface area contributed by atoms with E-state index in [9.17, 15) is 4.79 Å². The van der Waals surface area contributed by atoms with Crippen LogP contribution in [0.4, 0.5) is 23.1 Å². The molecule has 2 aromatic heterocycles. The van der Waals surface area contributed by atoms with E-state index in [2.05, 4.69) is 20.6 Å². The number of anilines is 4. The van der Waals surface area contributed by atoms with Crippen molar-refractivity contribution in [2.24, 2.45) is 0 Å². The Bertz CT molecular complexity index is 1250. The number of carbonyl (C=O) groups is 1. The van der Waals surface area contributed by atoms with Gasteiger partial charge in [-0.05, 0) is 19.1 Å². The highest BCUT2D eigenvalue weighted by molar-refractivity contribution is 6.08. The van der Waals surface area contributed by atoms with Gasteiger partial charge in [0.05, 0.1) is 56.9 Å². The Labute approximate surface area is 196 Å². The third kappa shape index (κ3) is 3.35. The summed E-state index contributed by atoms with van der Waals surface area (Å²) >= 11 is 0. The average molecular weight is 463 g/mol. The Morgan fingerprint density at radius 1 is 1.24 bits per heavy atom. The lowest BCUT2D eigenvalue weighted by Crippen LogP contribution is -2.64. The Kier molecular flexibility index (Phi) is 4.89. The molecule has 0 aliphatic carbocycles. The highest BCUT2D eigenvalue weighted by Gasteiger charge is 2.52. The monoisotopic (exact) mass is 463 g/mol. The molecular formula is C23H25N7O4. The number of fused-ring (bicyclic) bond motifs is 1. The van der Waals surface area contributed by atoms with Gasteiger partial charge in [0.2, 0.25) is 5.95 Å². The fourth-order valence-corrected chi connectivity index (χ4v) is 4.54. The number of rotatable bonds is 5. The second-order valence-electron chi connectivity index (χ2n) is 8.74. The van der Waals surface area contributed by atoms with Gasteiger partial charge < -0.3 is 29.4 Å². The van der Waals surface area contributed by atoms with Gasteiger partial charge in [0.15, 0.2) is 5.82 Å². The second-order valence-corrected chi connectivity index (χ2v) is 8.74. The molecule has 2 N–H and O–H groups in total. The minimum Gasteiger partial charge on any atom is -0.494 e. The Morgan fingerprint density at radius 2 is 2.12 bits per heavy atom. The number of carbonyl (C=O) groups excluding carboxylic acids is 1. The van der Waals surface area contributed by atoms with Gasteiger partial charge in [-0.25, -0.2) is 9.97 Å². The van der Waals surface area contributed by atoms with Crippen LogP contribution in [0.25, 0.3) is 5.69 Å². The van der Waals surface area contributed by atoms with Crippen LogP contribution in [0.1, 0.15) is 12.1 Å². The number of amides is 1. The van der Waals surface area contributed by atoms with E-state index < -0.39 is 5.54 Å². The molecule has 1 atom stereocenters. The minimum atomic E-state index is -0.804. The lowest BCUT2D eigenvalue weighted by atomic mass is 9.92. The van der Waals surface area contributed by atoms with Crippen LogP contribution in [0.15, 0.2) is 36.9 Å². The third-order valence-corrected chi connectivity index (χ3v) is 6.45. The number of aromatic nitrogens is 4. The SMILES string of the molecule is COc1cc(Nc2ncc3c(n2)NC2(CCOC2)C(=O)N3C2COC2)ccc1-n1cnc(C)c1. The molecule has 0 radical (unpaired) electrons. The number of ether oxygens (including phenoxy) is 3. The van der Waals surface area contributed by atoms with Crippen LogP contribution in [-0.4, -0.2) is 70.5 Å². The highest BCUT2D eigenvalue weighted by atomic mass is 16.5. The van der Waals surface area contributed by atoms with Crippen molar-refractivity contribution in [1.29, 1.82) is 0 Å². The Morgan fingerprint density at radius 3 is 2.79 bits per heavy atom. The van der Waals surface area contributed by atoms with Crippen molar-refractivity contribution in [3.05, 3.63) is 42.6 Å². The molecule has 3 aromatic rings. The summed E-state index contributed by atoms with van der Waals surface area (Å²) in [7, 11) is 1.63. The maximum absolute atomic E-state index is 13.4. The molecule has 11 nitrogen and oxygen atoms in total. The third-order valence-electron chi connectivity index (χ3n) is 6.45. The lowest BCUT2D eigenvalue weighted by Gasteiger charge is -2.45. The van der Waals surface area contributed by atoms with Crippen LogP contribution in [0, 0.1) is 6.92 Å². The quantitative estimate of drug-likeness (QED) is 0.586. The molecule has 1 amide bonds. The Hall–Kier alpha value is -3.70. The highest BCUT2D eigenvalue weighted by Crippen LogP contribution is 2.40. The number of nitrogens with one attached hydrogen (secondary N) is 2. The predicted molar refractivity (Wildman–Crippen MR) is 124 cm³/mol. The minimum absolute atomic E-state index is 0.00910. The molecule has 3 aliphatic heterocycles. The van der Waals surface area contributed by atoms with E-state index in [4.69, 9.17) is 19.2 Å². The van der Waals surface area contributed by atoms with Crippen molar-refractivity contribution in [1.82, 2.24) is 19.5 Å². The summed E-state index contributed by atoms with van der Waals surface area (Å²) in [4.78, 5) is 28.6. The molecule has 6 rings (SSSR count). The van der Waals surface area contributed by atoms with Crippen LogP contribution in [0.2, 0.25) is 0 Å². The summed E-state index contributed by atoms with van der Waals surface area (Å²) in [6.45, 7) is 3.79. The first-order valence-corrected chi connectivity index (χ1v) is 11.2. The van der Waals surface area contributed by atoms with Gasteiger partial charge in [0.25, 0.3) is 5.91 Å². The van der Waals surface area contributed by atoms with Gasteiger partial charge >= 0.3 is 0 Å². The van der Waals surface area contributed by atoms with E-state index in [1.807, 2.05) is 35.9 Å². The van der Waals surface area contributed by atoms with Crippen LogP contribution in [-0.2, 0) is 14.3 Å². The van der Waals surface area contributed by atoms with Crippen LogP contribution < -0.4 is 20.3 Å². The zero-order valence-corrected chi connectivity index (χ0v) is 18.9. The maximum atomic E-state index is 13.4. The van der Waals surface area contributed by atoms with E-state index in [1.165, 1.54) is 0 Å². The summed E-state index contributed by atoms with van der Waals surface area (Å²) in [5.41, 5.74) is 2.42. The van der Waals surface area contributed by atoms with E-state index in [-0.39, 0.29) is 11.9 Å². The first-order chi connectivity index (χ1) is 16.6. The molecule has 0 bridgehead atoms. The fourth-order valence-electron chi connectivity index (χ4n) is 4.54. The molecule has 0 saturated carbocycles. The molecule has 1 aromatic carbocycles. The van der Waals surface area contributed by atoms with Crippen molar-refractivity contribution in [2.75, 3.05) is 49.1 Å². The van der Waals surface area contributed by atoms with Crippen molar-refractivity contribution in [2.45, 2.75) is 24.9 Å². The first-order valence-electron chi connectivity index (χ1n) is 11.2. The summed E-state index contributed by atoms with van der Waals surface area (Å²) in [6, 6.07) is 5.74. The van der Waals surface area contributed by atoms with Crippen molar-refractivity contribution >= 4 is 29.0 Å². The van der Waals surface area contributed by atoms with E-state index in [1.54, 1.807) is 24.5 Å². The van der Waals surface area contributed by atoms with E-state index in [0.29, 0.717) is 56.1 Å². The van der Waals surface area contributed by atoms with Crippen molar-refractivity contribution in [3.63, 3.8) is 0 Å². The number of imidazole rings is 1. The number of nitrogens with zero attached hydrogens (tertiary/aromatic N) is 5. The van der Waals surface area contributed by atoms with Gasteiger partial charge in [0, 0.05) is 31.0 Å². The second kappa shape index (κ2) is 7.96. The maximum Gasteiger partial charge on any atom is 0.255 e. The Balaban J connectivity index is 1.31. The van der Waals surface area contributed by atoms with Crippen molar-refractivity contribution < 1.29 is 19.0 Å². The molecule has 176 valence electrons. The number of hydrogen-bond acceptors (Lipinski definition) is 9. The van der Waals surface area contributed by atoms with Gasteiger partial charge in [-0.15, -0.1) is 0 Å². The molecule has 3 aliphatic rings. The number of methoxy groups -OCH3 is 1. The smallest absolute Gasteiger partial charge is 0.255 e. The number of benzene rings is 1. The van der Waals surface area contributed by atoms with Gasteiger partial charge in [-0.1, -0.05) is 0 Å². The summed E-state index contributed by atoms with van der Waals surface area (Å²) < 4.78 is 18.5. The molecule has 5 heterocycles. The molecule has 2 fully saturated rings. The standard InChI is InChI=1S/C23H25N7O4/c1-14-9-29(13-25-14)17-4-3-15(7-19(17)32-2)26-22-24-8-18-20(27-22)28-23(5-6-33-12-23)21(31)30(18)16-10-34-11-16/h3-4,7-9,13,16H,5-6,10-12H2,1-2H3,(H2,24,26,27,28). The average Bonchev–Trinajstić information content (AvgIpc) is 3.45. The molecule has 1 unspecified atom stereocenters. The summed E-state index contributed by atoms with van der Waals surface area (Å²) in [5.74, 6) is 1.69. The van der Waals surface area contributed by atoms with E-state index in [0.717, 1.165) is 17.1 Å². The molecular weight excluding hydrogens is 438 g/mol. The number of aryl methyl sites for hydroxylation is 1. The van der Waals surface area contributed by atoms with Crippen LogP contribution >= 0.6 is 0 Å². The van der Waals surface area contributed by atoms with Gasteiger partial charge in [-0.2, -0.15) is 4.98 Å². The fraction of sp³-hybridized carbons (Fsp3) is 0.391. The van der Waals surface area contributed by atoms with Gasteiger partial charge in [0.1, 0.15) is 17.0 Å². The lowest BCUT2D eigenvalue weighted by molar-refractivity contribution is -0.126. The molecule has 11 heteroatoms. The summed E-state index contributed by atoms with van der Waals surface area (Å²) in [6.07, 6.45) is 5.96. The zero-order chi connectivity index (χ0) is 23.3. The first kappa shape index (κ1) is 20.9. The van der Waals surface area contributed by atoms with Gasteiger partial charge in [-0.3, -0.25) is 9.69 Å². The normalized spacial score (nSPS) is 21.8. The molecule has 2 saturated heterocycles. The van der Waals surface area contributed by atoms with Crippen LogP contribution in [0.5, 0.6) is 5.75 Å². The van der Waals surface area contributed by atoms with Crippen LogP contribution in [0.3, 0.4) is 0 Å².